The predicted octanol–water partition coefficient (Wildman–Crippen LogP) is 1.23. The molecule has 0 aromatic heterocycles. The van der Waals surface area contributed by atoms with Gasteiger partial charge in [0.1, 0.15) is 0 Å². The SMILES string of the molecule is O=C(O)c1ccc2c(c1)NCCN2CC1CCNC1. The van der Waals surface area contributed by atoms with Gasteiger partial charge in [0.15, 0.2) is 0 Å². The van der Waals surface area contributed by atoms with Gasteiger partial charge in [-0.1, -0.05) is 0 Å². The topological polar surface area (TPSA) is 64.6 Å². The van der Waals surface area contributed by atoms with Gasteiger partial charge in [0.05, 0.1) is 16.9 Å². The summed E-state index contributed by atoms with van der Waals surface area (Å²) < 4.78 is 0. The zero-order valence-corrected chi connectivity index (χ0v) is 10.9. The number of carbonyl (C=O) groups is 1. The summed E-state index contributed by atoms with van der Waals surface area (Å²) in [5, 5.41) is 15.7. The molecule has 0 spiro atoms. The van der Waals surface area contributed by atoms with Crippen molar-refractivity contribution in [2.24, 2.45) is 5.92 Å². The van der Waals surface area contributed by atoms with Gasteiger partial charge in [-0.2, -0.15) is 0 Å². The van der Waals surface area contributed by atoms with Gasteiger partial charge in [-0.25, -0.2) is 4.79 Å². The van der Waals surface area contributed by atoms with Crippen molar-refractivity contribution in [1.29, 1.82) is 0 Å². The number of aromatic carboxylic acids is 1. The Hall–Kier alpha value is -1.75. The fourth-order valence-corrected chi connectivity index (χ4v) is 2.90. The number of anilines is 2. The molecule has 1 unspecified atom stereocenters. The van der Waals surface area contributed by atoms with Crippen LogP contribution in [0.4, 0.5) is 11.4 Å². The van der Waals surface area contributed by atoms with Gasteiger partial charge in [-0.05, 0) is 43.6 Å². The normalized spacial score (nSPS) is 21.9. The van der Waals surface area contributed by atoms with Crippen LogP contribution in [0, 0.1) is 5.92 Å². The second-order valence-electron chi connectivity index (χ2n) is 5.27. The molecule has 3 rings (SSSR count). The van der Waals surface area contributed by atoms with E-state index < -0.39 is 5.97 Å². The van der Waals surface area contributed by atoms with E-state index in [0.29, 0.717) is 11.5 Å². The summed E-state index contributed by atoms with van der Waals surface area (Å²) in [6.45, 7) is 5.11. The maximum atomic E-state index is 11.0. The minimum Gasteiger partial charge on any atom is -0.478 e. The van der Waals surface area contributed by atoms with E-state index in [9.17, 15) is 4.79 Å². The highest BCUT2D eigenvalue weighted by atomic mass is 16.4. The molecule has 2 heterocycles. The van der Waals surface area contributed by atoms with Crippen molar-refractivity contribution in [2.45, 2.75) is 6.42 Å². The number of benzene rings is 1. The van der Waals surface area contributed by atoms with Gasteiger partial charge in [0.25, 0.3) is 0 Å². The first-order valence-electron chi connectivity index (χ1n) is 6.81. The van der Waals surface area contributed by atoms with Gasteiger partial charge in [0, 0.05) is 19.6 Å². The molecule has 3 N–H and O–H groups in total. The Morgan fingerprint density at radius 1 is 1.42 bits per heavy atom. The van der Waals surface area contributed by atoms with E-state index in [4.69, 9.17) is 5.11 Å². The Bertz CT molecular complexity index is 484. The van der Waals surface area contributed by atoms with Crippen molar-refractivity contribution < 1.29 is 9.90 Å². The zero-order chi connectivity index (χ0) is 13.2. The first kappa shape index (κ1) is 12.3. The lowest BCUT2D eigenvalue weighted by atomic mass is 10.1. The van der Waals surface area contributed by atoms with Crippen LogP contribution in [0.5, 0.6) is 0 Å². The average molecular weight is 261 g/mol. The molecule has 0 bridgehead atoms. The van der Waals surface area contributed by atoms with E-state index in [0.717, 1.165) is 44.1 Å². The van der Waals surface area contributed by atoms with Crippen LogP contribution in [-0.4, -0.2) is 43.8 Å². The predicted molar refractivity (Wildman–Crippen MR) is 75.1 cm³/mol. The van der Waals surface area contributed by atoms with E-state index in [1.54, 1.807) is 12.1 Å². The van der Waals surface area contributed by atoms with Crippen molar-refractivity contribution in [3.05, 3.63) is 23.8 Å². The fourth-order valence-electron chi connectivity index (χ4n) is 2.90. The minimum atomic E-state index is -0.873. The molecule has 1 fully saturated rings. The highest BCUT2D eigenvalue weighted by Gasteiger charge is 2.22. The van der Waals surface area contributed by atoms with Crippen molar-refractivity contribution >= 4 is 17.3 Å². The summed E-state index contributed by atoms with van der Waals surface area (Å²) in [5.41, 5.74) is 2.41. The molecule has 5 nitrogen and oxygen atoms in total. The summed E-state index contributed by atoms with van der Waals surface area (Å²) in [4.78, 5) is 13.4. The number of nitrogens with zero attached hydrogens (tertiary/aromatic N) is 1. The number of carboxylic acids is 1. The standard InChI is InChI=1S/C14H19N3O2/c18-14(19)11-1-2-13-12(7-11)16-5-6-17(13)9-10-3-4-15-8-10/h1-2,7,10,15-16H,3-6,8-9H2,(H,18,19). The lowest BCUT2D eigenvalue weighted by Gasteiger charge is -2.34. The minimum absolute atomic E-state index is 0.343. The summed E-state index contributed by atoms with van der Waals surface area (Å²) >= 11 is 0. The van der Waals surface area contributed by atoms with E-state index >= 15 is 0 Å². The van der Waals surface area contributed by atoms with E-state index in [2.05, 4.69) is 15.5 Å². The first-order chi connectivity index (χ1) is 9.24. The molecule has 0 saturated carbocycles. The Balaban J connectivity index is 1.81. The molecular formula is C14H19N3O2. The Morgan fingerprint density at radius 2 is 2.32 bits per heavy atom. The van der Waals surface area contributed by atoms with Crippen LogP contribution in [-0.2, 0) is 0 Å². The zero-order valence-electron chi connectivity index (χ0n) is 10.9. The quantitative estimate of drug-likeness (QED) is 0.763. The Labute approximate surface area is 112 Å². The second kappa shape index (κ2) is 5.09. The largest absolute Gasteiger partial charge is 0.478 e. The first-order valence-corrected chi connectivity index (χ1v) is 6.81. The van der Waals surface area contributed by atoms with Gasteiger partial charge >= 0.3 is 5.97 Å². The molecule has 1 aromatic rings. The number of nitrogens with one attached hydrogen (secondary N) is 2. The number of hydrogen-bond donors (Lipinski definition) is 3. The Kier molecular flexibility index (Phi) is 3.29. The van der Waals surface area contributed by atoms with Crippen LogP contribution in [0.25, 0.3) is 0 Å². The van der Waals surface area contributed by atoms with Gasteiger partial charge < -0.3 is 20.6 Å². The monoisotopic (exact) mass is 261 g/mol. The third-order valence-corrected chi connectivity index (χ3v) is 3.92. The van der Waals surface area contributed by atoms with E-state index in [1.165, 1.54) is 6.42 Å². The Morgan fingerprint density at radius 3 is 3.05 bits per heavy atom. The van der Waals surface area contributed by atoms with Crippen LogP contribution < -0.4 is 15.5 Å². The maximum absolute atomic E-state index is 11.0. The highest BCUT2D eigenvalue weighted by Crippen LogP contribution is 2.31. The van der Waals surface area contributed by atoms with Crippen molar-refractivity contribution in [3.8, 4) is 0 Å². The molecule has 1 atom stereocenters. The van der Waals surface area contributed by atoms with Crippen LogP contribution in [0.1, 0.15) is 16.8 Å². The number of rotatable bonds is 3. The van der Waals surface area contributed by atoms with Crippen molar-refractivity contribution in [1.82, 2.24) is 5.32 Å². The summed E-state index contributed by atoms with van der Waals surface area (Å²) in [6, 6.07) is 5.35. The molecule has 2 aliphatic rings. The van der Waals surface area contributed by atoms with Gasteiger partial charge in [-0.15, -0.1) is 0 Å². The number of fused-ring (bicyclic) bond motifs is 1. The molecular weight excluding hydrogens is 242 g/mol. The number of hydrogen-bond acceptors (Lipinski definition) is 4. The summed E-state index contributed by atoms with van der Waals surface area (Å²) in [7, 11) is 0. The molecule has 0 aliphatic carbocycles. The molecule has 19 heavy (non-hydrogen) atoms. The smallest absolute Gasteiger partial charge is 0.335 e. The van der Waals surface area contributed by atoms with E-state index in [1.807, 2.05) is 6.07 Å². The highest BCUT2D eigenvalue weighted by molar-refractivity contribution is 5.91. The van der Waals surface area contributed by atoms with Crippen molar-refractivity contribution in [3.63, 3.8) is 0 Å². The van der Waals surface area contributed by atoms with E-state index in [-0.39, 0.29) is 0 Å². The van der Waals surface area contributed by atoms with Crippen molar-refractivity contribution in [2.75, 3.05) is 42.9 Å². The van der Waals surface area contributed by atoms with Crippen LogP contribution >= 0.6 is 0 Å². The number of carboxylic acid groups (broad SMARTS) is 1. The van der Waals surface area contributed by atoms with Gasteiger partial charge in [0.2, 0.25) is 0 Å². The molecule has 2 aliphatic heterocycles. The third-order valence-electron chi connectivity index (χ3n) is 3.92. The fraction of sp³-hybridized carbons (Fsp3) is 0.500. The molecule has 0 radical (unpaired) electrons. The molecule has 102 valence electrons. The molecule has 0 amide bonds. The molecule has 1 aromatic carbocycles. The molecule has 1 saturated heterocycles. The third kappa shape index (κ3) is 2.51. The lowest BCUT2D eigenvalue weighted by molar-refractivity contribution is 0.0697. The van der Waals surface area contributed by atoms with Crippen LogP contribution in [0.2, 0.25) is 0 Å². The summed E-state index contributed by atoms with van der Waals surface area (Å²) in [5.74, 6) is -0.174. The lowest BCUT2D eigenvalue weighted by Crippen LogP contribution is -2.38. The van der Waals surface area contributed by atoms with Crippen LogP contribution in [0.15, 0.2) is 18.2 Å². The average Bonchev–Trinajstić information content (AvgIpc) is 2.91. The second-order valence-corrected chi connectivity index (χ2v) is 5.27. The van der Waals surface area contributed by atoms with Crippen LogP contribution in [0.3, 0.4) is 0 Å². The molecule has 5 heteroatoms. The maximum Gasteiger partial charge on any atom is 0.335 e. The summed E-state index contributed by atoms with van der Waals surface area (Å²) in [6.07, 6.45) is 1.23. The van der Waals surface area contributed by atoms with Gasteiger partial charge in [-0.3, -0.25) is 0 Å².